The van der Waals surface area contributed by atoms with Gasteiger partial charge in [-0.3, -0.25) is 0 Å². The Balaban J connectivity index is 2.57. The van der Waals surface area contributed by atoms with Crippen molar-refractivity contribution in [1.29, 1.82) is 0 Å². The third-order valence-electron chi connectivity index (χ3n) is 2.13. The van der Waals surface area contributed by atoms with Crippen LogP contribution in [0.4, 0.5) is 8.78 Å². The van der Waals surface area contributed by atoms with Crippen molar-refractivity contribution in [2.24, 2.45) is 11.7 Å². The number of hydrogen-bond donors (Lipinski definition) is 1. The van der Waals surface area contributed by atoms with Crippen molar-refractivity contribution in [3.8, 4) is 5.75 Å². The molecule has 1 aromatic rings. The van der Waals surface area contributed by atoms with Crippen LogP contribution in [-0.4, -0.2) is 12.6 Å². The fraction of sp³-hybridized carbons (Fsp3) is 0.455. The molecule has 0 bridgehead atoms. The maximum Gasteiger partial charge on any atom is 0.129 e. The highest BCUT2D eigenvalue weighted by molar-refractivity contribution is 5.23. The van der Waals surface area contributed by atoms with Gasteiger partial charge in [0.2, 0.25) is 0 Å². The van der Waals surface area contributed by atoms with E-state index in [1.54, 1.807) is 0 Å². The molecule has 84 valence electrons. The summed E-state index contributed by atoms with van der Waals surface area (Å²) in [6, 6.07) is 2.93. The summed E-state index contributed by atoms with van der Waals surface area (Å²) in [4.78, 5) is 0. The lowest BCUT2D eigenvalue weighted by Gasteiger charge is -2.16. The number of hydrogen-bond acceptors (Lipinski definition) is 2. The first-order valence-electron chi connectivity index (χ1n) is 4.83. The molecule has 0 aromatic heterocycles. The fourth-order valence-corrected chi connectivity index (χ4v) is 0.997. The van der Waals surface area contributed by atoms with Crippen LogP contribution in [0.1, 0.15) is 13.8 Å². The molecule has 2 nitrogen and oxygen atoms in total. The Hall–Kier alpha value is -1.16. The summed E-state index contributed by atoms with van der Waals surface area (Å²) in [5.74, 6) is -0.863. The van der Waals surface area contributed by atoms with Gasteiger partial charge in [0.15, 0.2) is 0 Å². The van der Waals surface area contributed by atoms with Crippen molar-refractivity contribution >= 4 is 0 Å². The summed E-state index contributed by atoms with van der Waals surface area (Å²) >= 11 is 0. The molecule has 0 aliphatic heterocycles. The van der Waals surface area contributed by atoms with Crippen molar-refractivity contribution in [1.82, 2.24) is 0 Å². The molecule has 4 heteroatoms. The molecule has 15 heavy (non-hydrogen) atoms. The van der Waals surface area contributed by atoms with Crippen LogP contribution in [0.25, 0.3) is 0 Å². The summed E-state index contributed by atoms with van der Waals surface area (Å²) in [6.07, 6.45) is 0. The van der Waals surface area contributed by atoms with Crippen LogP contribution >= 0.6 is 0 Å². The van der Waals surface area contributed by atoms with E-state index >= 15 is 0 Å². The third kappa shape index (κ3) is 3.83. The zero-order valence-electron chi connectivity index (χ0n) is 8.84. The van der Waals surface area contributed by atoms with Gasteiger partial charge in [-0.1, -0.05) is 13.8 Å². The van der Waals surface area contributed by atoms with E-state index in [-0.39, 0.29) is 24.3 Å². The normalized spacial score (nSPS) is 12.9. The minimum atomic E-state index is -0.650. The van der Waals surface area contributed by atoms with Crippen molar-refractivity contribution in [2.75, 3.05) is 6.61 Å². The van der Waals surface area contributed by atoms with Crippen molar-refractivity contribution in [3.63, 3.8) is 0 Å². The molecule has 0 aliphatic rings. The van der Waals surface area contributed by atoms with Gasteiger partial charge in [-0.2, -0.15) is 0 Å². The second-order valence-electron chi connectivity index (χ2n) is 3.82. The molecule has 0 spiro atoms. The first-order valence-corrected chi connectivity index (χ1v) is 4.83. The number of ether oxygens (including phenoxy) is 1. The van der Waals surface area contributed by atoms with Crippen LogP contribution in [0.3, 0.4) is 0 Å². The van der Waals surface area contributed by atoms with Crippen LogP contribution in [-0.2, 0) is 0 Å². The van der Waals surface area contributed by atoms with Crippen molar-refractivity contribution in [2.45, 2.75) is 19.9 Å². The molecule has 0 saturated heterocycles. The molecule has 0 aliphatic carbocycles. The molecule has 0 radical (unpaired) electrons. The first-order chi connectivity index (χ1) is 6.99. The molecular weight excluding hydrogens is 200 g/mol. The zero-order valence-corrected chi connectivity index (χ0v) is 8.84. The smallest absolute Gasteiger partial charge is 0.129 e. The van der Waals surface area contributed by atoms with Gasteiger partial charge in [-0.25, -0.2) is 8.78 Å². The van der Waals surface area contributed by atoms with E-state index in [0.29, 0.717) is 0 Å². The maximum absolute atomic E-state index is 12.8. The largest absolute Gasteiger partial charge is 0.492 e. The maximum atomic E-state index is 12.8. The van der Waals surface area contributed by atoms with E-state index in [1.807, 2.05) is 13.8 Å². The average Bonchev–Trinajstić information content (AvgIpc) is 2.12. The highest BCUT2D eigenvalue weighted by Gasteiger charge is 2.09. The number of nitrogens with two attached hydrogens (primary N) is 1. The fourth-order valence-electron chi connectivity index (χ4n) is 0.997. The minimum Gasteiger partial charge on any atom is -0.492 e. The molecule has 0 heterocycles. The summed E-state index contributed by atoms with van der Waals surface area (Å²) in [7, 11) is 0. The van der Waals surface area contributed by atoms with Gasteiger partial charge >= 0.3 is 0 Å². The van der Waals surface area contributed by atoms with Gasteiger partial charge in [0.1, 0.15) is 24.0 Å². The third-order valence-corrected chi connectivity index (χ3v) is 2.13. The van der Waals surface area contributed by atoms with E-state index in [1.165, 1.54) is 0 Å². The highest BCUT2D eigenvalue weighted by Crippen LogP contribution is 2.15. The topological polar surface area (TPSA) is 35.2 Å². The molecule has 1 aromatic carbocycles. The van der Waals surface area contributed by atoms with Crippen molar-refractivity contribution in [3.05, 3.63) is 29.8 Å². The molecule has 2 N–H and O–H groups in total. The molecule has 1 rings (SSSR count). The van der Waals surface area contributed by atoms with Gasteiger partial charge in [-0.05, 0) is 5.92 Å². The Morgan fingerprint density at radius 2 is 1.73 bits per heavy atom. The van der Waals surface area contributed by atoms with E-state index in [0.717, 1.165) is 18.2 Å². The summed E-state index contributed by atoms with van der Waals surface area (Å²) in [6.45, 7) is 4.17. The summed E-state index contributed by atoms with van der Waals surface area (Å²) in [5, 5.41) is 0. The Kier molecular flexibility index (Phi) is 4.03. The van der Waals surface area contributed by atoms with Crippen molar-refractivity contribution < 1.29 is 13.5 Å². The molecule has 0 saturated carbocycles. The van der Waals surface area contributed by atoms with Crippen LogP contribution in [0.5, 0.6) is 5.75 Å². The number of halogens is 2. The van der Waals surface area contributed by atoms with E-state index in [2.05, 4.69) is 0 Å². The average molecular weight is 215 g/mol. The second-order valence-corrected chi connectivity index (χ2v) is 3.82. The van der Waals surface area contributed by atoms with Gasteiger partial charge < -0.3 is 10.5 Å². The Morgan fingerprint density at radius 1 is 1.20 bits per heavy atom. The lowest BCUT2D eigenvalue weighted by Crippen LogP contribution is -2.33. The van der Waals surface area contributed by atoms with Gasteiger partial charge in [-0.15, -0.1) is 0 Å². The van der Waals surface area contributed by atoms with Crippen LogP contribution < -0.4 is 10.5 Å². The first kappa shape index (κ1) is 11.9. The molecule has 0 unspecified atom stereocenters. The standard InChI is InChI=1S/C11H15F2NO/c1-7(2)11(14)6-15-10-4-8(12)3-9(13)5-10/h3-5,7,11H,6,14H2,1-2H3/t11-/m0/s1. The number of benzene rings is 1. The lowest BCUT2D eigenvalue weighted by atomic mass is 10.1. The highest BCUT2D eigenvalue weighted by atomic mass is 19.1. The Labute approximate surface area is 88.0 Å². The quantitative estimate of drug-likeness (QED) is 0.836. The van der Waals surface area contributed by atoms with Gasteiger partial charge in [0.05, 0.1) is 0 Å². The predicted molar refractivity (Wildman–Crippen MR) is 54.7 cm³/mol. The second kappa shape index (κ2) is 5.07. The number of rotatable bonds is 4. The zero-order chi connectivity index (χ0) is 11.4. The summed E-state index contributed by atoms with van der Waals surface area (Å²) < 4.78 is 30.7. The minimum absolute atomic E-state index is 0.142. The van der Waals surface area contributed by atoms with Crippen LogP contribution in [0.15, 0.2) is 18.2 Å². The monoisotopic (exact) mass is 215 g/mol. The van der Waals surface area contributed by atoms with Gasteiger partial charge in [0.25, 0.3) is 0 Å². The van der Waals surface area contributed by atoms with E-state index in [9.17, 15) is 8.78 Å². The van der Waals surface area contributed by atoms with Crippen LogP contribution in [0.2, 0.25) is 0 Å². The summed E-state index contributed by atoms with van der Waals surface area (Å²) in [5.41, 5.74) is 5.73. The molecule has 1 atom stereocenters. The molecule has 0 fully saturated rings. The molecule has 0 amide bonds. The van der Waals surface area contributed by atoms with Crippen LogP contribution in [0, 0.1) is 17.6 Å². The lowest BCUT2D eigenvalue weighted by molar-refractivity contribution is 0.257. The van der Waals surface area contributed by atoms with Gasteiger partial charge in [0, 0.05) is 24.2 Å². The van der Waals surface area contributed by atoms with E-state index in [4.69, 9.17) is 10.5 Å². The van der Waals surface area contributed by atoms with E-state index < -0.39 is 11.6 Å². The predicted octanol–water partition coefficient (Wildman–Crippen LogP) is 2.33. The molecular formula is C11H15F2NO. The Morgan fingerprint density at radius 3 is 2.20 bits per heavy atom. The Bertz CT molecular complexity index is 308. The SMILES string of the molecule is CC(C)[C@@H](N)COc1cc(F)cc(F)c1.